The van der Waals surface area contributed by atoms with E-state index in [1.54, 1.807) is 6.20 Å². The Hall–Kier alpha value is -2.46. The van der Waals surface area contributed by atoms with Crippen molar-refractivity contribution < 1.29 is 0 Å². The second kappa shape index (κ2) is 7.51. The van der Waals surface area contributed by atoms with E-state index in [1.165, 1.54) is 31.2 Å². The van der Waals surface area contributed by atoms with E-state index in [2.05, 4.69) is 28.1 Å². The molecule has 1 saturated carbocycles. The van der Waals surface area contributed by atoms with Crippen molar-refractivity contribution in [2.24, 2.45) is 5.92 Å². The Morgan fingerprint density at radius 2 is 1.82 bits per heavy atom. The van der Waals surface area contributed by atoms with Gasteiger partial charge in [-0.15, -0.1) is 0 Å². The van der Waals surface area contributed by atoms with Gasteiger partial charge in [-0.1, -0.05) is 43.2 Å². The number of benzene rings is 1. The zero-order chi connectivity index (χ0) is 18.9. The van der Waals surface area contributed by atoms with Gasteiger partial charge in [-0.2, -0.15) is 0 Å². The third-order valence-corrected chi connectivity index (χ3v) is 6.47. The molecule has 4 heteroatoms. The molecule has 3 aromatic rings. The van der Waals surface area contributed by atoms with Crippen LogP contribution in [0, 0.1) is 5.92 Å². The quantitative estimate of drug-likeness (QED) is 0.694. The van der Waals surface area contributed by atoms with E-state index in [9.17, 15) is 4.79 Å². The predicted molar refractivity (Wildman–Crippen MR) is 112 cm³/mol. The maximum Gasteiger partial charge on any atom is 0.257 e. The Kier molecular flexibility index (Phi) is 4.73. The summed E-state index contributed by atoms with van der Waals surface area (Å²) in [5.41, 5.74) is 4.30. The maximum absolute atomic E-state index is 13.5. The third-order valence-electron chi connectivity index (χ3n) is 6.47. The molecule has 1 aromatic carbocycles. The van der Waals surface area contributed by atoms with Gasteiger partial charge in [0, 0.05) is 36.8 Å². The van der Waals surface area contributed by atoms with Crippen LogP contribution in [0.5, 0.6) is 0 Å². The fourth-order valence-corrected chi connectivity index (χ4v) is 5.05. The minimum Gasteiger partial charge on any atom is -0.298 e. The summed E-state index contributed by atoms with van der Waals surface area (Å²) in [5.74, 6) is 0.815. The molecule has 0 atom stereocenters. The van der Waals surface area contributed by atoms with Gasteiger partial charge in [0.05, 0.1) is 6.54 Å². The molecule has 1 aliphatic heterocycles. The number of fused-ring (bicyclic) bond motifs is 3. The Morgan fingerprint density at radius 3 is 2.64 bits per heavy atom. The van der Waals surface area contributed by atoms with Gasteiger partial charge in [-0.25, -0.2) is 4.98 Å². The molecule has 1 fully saturated rings. The van der Waals surface area contributed by atoms with Crippen LogP contribution in [0.4, 0.5) is 0 Å². The minimum absolute atomic E-state index is 0.140. The van der Waals surface area contributed by atoms with Crippen molar-refractivity contribution in [2.75, 3.05) is 13.1 Å². The predicted octanol–water partition coefficient (Wildman–Crippen LogP) is 3.99. The third kappa shape index (κ3) is 3.26. The van der Waals surface area contributed by atoms with Gasteiger partial charge in [0.15, 0.2) is 0 Å². The smallest absolute Gasteiger partial charge is 0.257 e. The lowest BCUT2D eigenvalue weighted by atomic mass is 9.96. The summed E-state index contributed by atoms with van der Waals surface area (Å²) in [6, 6.07) is 14.3. The zero-order valence-electron chi connectivity index (χ0n) is 16.3. The lowest BCUT2D eigenvalue weighted by Crippen LogP contribution is -2.39. The van der Waals surface area contributed by atoms with Gasteiger partial charge in [0.1, 0.15) is 5.65 Å². The van der Waals surface area contributed by atoms with Crippen LogP contribution in [0.1, 0.15) is 42.4 Å². The molecule has 0 saturated heterocycles. The number of hydrogen-bond acceptors (Lipinski definition) is 3. The van der Waals surface area contributed by atoms with Gasteiger partial charge >= 0.3 is 0 Å². The van der Waals surface area contributed by atoms with Crippen LogP contribution in [0.25, 0.3) is 11.0 Å². The van der Waals surface area contributed by atoms with E-state index < -0.39 is 0 Å². The summed E-state index contributed by atoms with van der Waals surface area (Å²) in [7, 11) is 0. The van der Waals surface area contributed by atoms with Crippen LogP contribution in [-0.4, -0.2) is 27.5 Å². The first-order valence-corrected chi connectivity index (χ1v) is 10.5. The molecule has 1 aliphatic carbocycles. The van der Waals surface area contributed by atoms with Gasteiger partial charge < -0.3 is 0 Å². The standard InChI is InChI=1S/C24H27N3O/c28-24-22-17-26(15-18-9-4-5-10-18)14-12-20(22)21-11-6-13-25-23(21)27(24)16-19-7-2-1-3-8-19/h1-3,6-8,11,13,18H,4-5,9-10,12,14-17H2. The molecule has 0 N–H and O–H groups in total. The largest absolute Gasteiger partial charge is 0.298 e. The summed E-state index contributed by atoms with van der Waals surface area (Å²) in [4.78, 5) is 20.6. The maximum atomic E-state index is 13.5. The minimum atomic E-state index is 0.140. The molecule has 144 valence electrons. The van der Waals surface area contributed by atoms with Crippen LogP contribution >= 0.6 is 0 Å². The molecule has 4 nitrogen and oxygen atoms in total. The van der Waals surface area contributed by atoms with Crippen molar-refractivity contribution in [1.29, 1.82) is 0 Å². The van der Waals surface area contributed by atoms with Gasteiger partial charge in [-0.3, -0.25) is 14.3 Å². The highest BCUT2D eigenvalue weighted by Crippen LogP contribution is 2.29. The van der Waals surface area contributed by atoms with E-state index in [-0.39, 0.29) is 5.56 Å². The van der Waals surface area contributed by atoms with Crippen LogP contribution < -0.4 is 5.56 Å². The van der Waals surface area contributed by atoms with Crippen LogP contribution in [0.15, 0.2) is 53.5 Å². The molecule has 5 rings (SSSR count). The van der Waals surface area contributed by atoms with Crippen LogP contribution in [0.3, 0.4) is 0 Å². The Bertz CT molecular complexity index is 1030. The summed E-state index contributed by atoms with van der Waals surface area (Å²) >= 11 is 0. The highest BCUT2D eigenvalue weighted by atomic mass is 16.1. The Labute approximate surface area is 165 Å². The van der Waals surface area contributed by atoms with Crippen molar-refractivity contribution in [1.82, 2.24) is 14.5 Å². The Morgan fingerprint density at radius 1 is 1.00 bits per heavy atom. The van der Waals surface area contributed by atoms with Crippen molar-refractivity contribution in [3.8, 4) is 0 Å². The van der Waals surface area contributed by atoms with E-state index in [4.69, 9.17) is 0 Å². The number of nitrogens with zero attached hydrogens (tertiary/aromatic N) is 3. The second-order valence-electron chi connectivity index (χ2n) is 8.34. The summed E-state index contributed by atoms with van der Waals surface area (Å²) < 4.78 is 1.88. The van der Waals surface area contributed by atoms with Crippen molar-refractivity contribution in [3.63, 3.8) is 0 Å². The van der Waals surface area contributed by atoms with E-state index >= 15 is 0 Å². The molecular weight excluding hydrogens is 346 g/mol. The lowest BCUT2D eigenvalue weighted by molar-refractivity contribution is 0.214. The second-order valence-corrected chi connectivity index (χ2v) is 8.34. The number of aromatic nitrogens is 2. The van der Waals surface area contributed by atoms with E-state index in [1.807, 2.05) is 28.8 Å². The van der Waals surface area contributed by atoms with Crippen LogP contribution in [0.2, 0.25) is 0 Å². The molecule has 2 aromatic heterocycles. The van der Waals surface area contributed by atoms with E-state index in [0.717, 1.165) is 54.1 Å². The van der Waals surface area contributed by atoms with Crippen molar-refractivity contribution in [2.45, 2.75) is 45.2 Å². The summed E-state index contributed by atoms with van der Waals surface area (Å²) in [6.45, 7) is 3.55. The normalized spacial score (nSPS) is 17.9. The molecule has 0 spiro atoms. The number of pyridine rings is 2. The molecular formula is C24H27N3O. The van der Waals surface area contributed by atoms with Gasteiger partial charge in [0.2, 0.25) is 0 Å². The molecule has 0 bridgehead atoms. The highest BCUT2D eigenvalue weighted by molar-refractivity contribution is 5.80. The fourth-order valence-electron chi connectivity index (χ4n) is 5.05. The molecule has 3 heterocycles. The number of hydrogen-bond donors (Lipinski definition) is 0. The van der Waals surface area contributed by atoms with Crippen LogP contribution in [-0.2, 0) is 19.5 Å². The molecule has 0 unspecified atom stereocenters. The number of rotatable bonds is 4. The molecule has 0 radical (unpaired) electrons. The first-order chi connectivity index (χ1) is 13.8. The zero-order valence-corrected chi connectivity index (χ0v) is 16.3. The fraction of sp³-hybridized carbons (Fsp3) is 0.417. The monoisotopic (exact) mass is 373 g/mol. The topological polar surface area (TPSA) is 38.1 Å². The summed E-state index contributed by atoms with van der Waals surface area (Å²) in [6.07, 6.45) is 8.19. The highest BCUT2D eigenvalue weighted by Gasteiger charge is 2.26. The van der Waals surface area contributed by atoms with E-state index in [0.29, 0.717) is 6.54 Å². The van der Waals surface area contributed by atoms with Gasteiger partial charge in [0.25, 0.3) is 5.56 Å². The molecule has 0 amide bonds. The first kappa shape index (κ1) is 17.6. The SMILES string of the molecule is O=c1c2c(c3cccnc3n1Cc1ccccc1)CCN(CC1CCCC1)C2. The average molecular weight is 374 g/mol. The molecule has 28 heavy (non-hydrogen) atoms. The van der Waals surface area contributed by atoms with Gasteiger partial charge in [-0.05, 0) is 48.4 Å². The first-order valence-electron chi connectivity index (χ1n) is 10.5. The lowest BCUT2D eigenvalue weighted by Gasteiger charge is -2.31. The summed E-state index contributed by atoms with van der Waals surface area (Å²) in [5, 5.41) is 1.15. The molecule has 2 aliphatic rings. The average Bonchev–Trinajstić information content (AvgIpc) is 3.25. The van der Waals surface area contributed by atoms with Crippen molar-refractivity contribution >= 4 is 11.0 Å². The van der Waals surface area contributed by atoms with Crippen molar-refractivity contribution in [3.05, 3.63) is 75.7 Å². The Balaban J connectivity index is 1.55.